The number of aryl methyl sites for hydroxylation is 1. The van der Waals surface area contributed by atoms with Crippen molar-refractivity contribution in [1.29, 1.82) is 0 Å². The largest absolute Gasteiger partial charge is 0.497 e. The molecule has 2 aromatic rings. The number of rotatable bonds is 2. The van der Waals surface area contributed by atoms with E-state index in [0.29, 0.717) is 5.92 Å². The van der Waals surface area contributed by atoms with E-state index in [1.807, 2.05) is 6.07 Å². The molecule has 0 saturated carbocycles. The quantitative estimate of drug-likeness (QED) is 0.852. The highest BCUT2D eigenvalue weighted by Crippen LogP contribution is 2.34. The third-order valence-corrected chi connectivity index (χ3v) is 3.95. The molecule has 96 valence electrons. The Kier molecular flexibility index (Phi) is 3.00. The van der Waals surface area contributed by atoms with Gasteiger partial charge in [-0.15, -0.1) is 0 Å². The standard InChI is InChI=1S/C15H20N2O/c1-10-15(11-4-3-7-16-9-11)13-8-12(18-2)5-6-14(13)17-10/h5-6,8,11,16-17H,3-4,7,9H2,1-2H3. The van der Waals surface area contributed by atoms with Crippen LogP contribution >= 0.6 is 0 Å². The highest BCUT2D eigenvalue weighted by molar-refractivity contribution is 5.86. The summed E-state index contributed by atoms with van der Waals surface area (Å²) >= 11 is 0. The summed E-state index contributed by atoms with van der Waals surface area (Å²) in [6.45, 7) is 4.42. The van der Waals surface area contributed by atoms with Crippen LogP contribution < -0.4 is 10.1 Å². The molecule has 2 heterocycles. The molecule has 1 atom stereocenters. The lowest BCUT2D eigenvalue weighted by molar-refractivity contribution is 0.415. The van der Waals surface area contributed by atoms with Gasteiger partial charge in [0, 0.05) is 23.1 Å². The first-order valence-corrected chi connectivity index (χ1v) is 6.66. The lowest BCUT2D eigenvalue weighted by Gasteiger charge is -2.23. The highest BCUT2D eigenvalue weighted by atomic mass is 16.5. The van der Waals surface area contributed by atoms with E-state index in [2.05, 4.69) is 29.4 Å². The number of aromatic amines is 1. The molecule has 1 aliphatic heterocycles. The van der Waals surface area contributed by atoms with Crippen LogP contribution in [0.2, 0.25) is 0 Å². The van der Waals surface area contributed by atoms with Crippen molar-refractivity contribution in [1.82, 2.24) is 10.3 Å². The first-order valence-electron chi connectivity index (χ1n) is 6.66. The first-order chi connectivity index (χ1) is 8.79. The fraction of sp³-hybridized carbons (Fsp3) is 0.467. The highest BCUT2D eigenvalue weighted by Gasteiger charge is 2.21. The van der Waals surface area contributed by atoms with Gasteiger partial charge in [-0.3, -0.25) is 0 Å². The van der Waals surface area contributed by atoms with Gasteiger partial charge in [0.2, 0.25) is 0 Å². The monoisotopic (exact) mass is 244 g/mol. The summed E-state index contributed by atoms with van der Waals surface area (Å²) in [5, 5.41) is 4.82. The van der Waals surface area contributed by atoms with Gasteiger partial charge in [-0.1, -0.05) is 0 Å². The molecule has 1 unspecified atom stereocenters. The Balaban J connectivity index is 2.10. The van der Waals surface area contributed by atoms with E-state index in [9.17, 15) is 0 Å². The average Bonchev–Trinajstić information content (AvgIpc) is 2.74. The van der Waals surface area contributed by atoms with Gasteiger partial charge in [0.15, 0.2) is 0 Å². The predicted octanol–water partition coefficient (Wildman–Crippen LogP) is 2.95. The minimum atomic E-state index is 0.625. The second-order valence-electron chi connectivity index (χ2n) is 5.12. The van der Waals surface area contributed by atoms with E-state index in [4.69, 9.17) is 4.74 Å². The van der Waals surface area contributed by atoms with Crippen LogP contribution in [0.5, 0.6) is 5.75 Å². The second-order valence-corrected chi connectivity index (χ2v) is 5.12. The van der Waals surface area contributed by atoms with Crippen LogP contribution in [0.15, 0.2) is 18.2 Å². The number of methoxy groups -OCH3 is 1. The number of hydrogen-bond acceptors (Lipinski definition) is 2. The zero-order valence-electron chi connectivity index (χ0n) is 11.0. The molecule has 0 radical (unpaired) electrons. The van der Waals surface area contributed by atoms with E-state index >= 15 is 0 Å². The number of fused-ring (bicyclic) bond motifs is 1. The summed E-state index contributed by atoms with van der Waals surface area (Å²) in [4.78, 5) is 3.49. The maximum absolute atomic E-state index is 5.34. The molecule has 1 saturated heterocycles. The van der Waals surface area contributed by atoms with Crippen LogP contribution in [0.4, 0.5) is 0 Å². The van der Waals surface area contributed by atoms with Crippen molar-refractivity contribution >= 4 is 10.9 Å². The van der Waals surface area contributed by atoms with Gasteiger partial charge in [0.1, 0.15) is 5.75 Å². The Bertz CT molecular complexity index is 553. The topological polar surface area (TPSA) is 37.0 Å². The average molecular weight is 244 g/mol. The molecule has 0 bridgehead atoms. The molecule has 1 fully saturated rings. The molecule has 0 amide bonds. The smallest absolute Gasteiger partial charge is 0.119 e. The zero-order valence-corrected chi connectivity index (χ0v) is 11.0. The van der Waals surface area contributed by atoms with Gasteiger partial charge in [0.05, 0.1) is 7.11 Å². The fourth-order valence-electron chi connectivity index (χ4n) is 3.08. The summed E-state index contributed by atoms with van der Waals surface area (Å²) < 4.78 is 5.34. The third-order valence-electron chi connectivity index (χ3n) is 3.95. The first kappa shape index (κ1) is 11.6. The Morgan fingerprint density at radius 2 is 2.22 bits per heavy atom. The Morgan fingerprint density at radius 1 is 1.33 bits per heavy atom. The van der Waals surface area contributed by atoms with Crippen molar-refractivity contribution in [2.24, 2.45) is 0 Å². The Morgan fingerprint density at radius 3 is 2.94 bits per heavy atom. The van der Waals surface area contributed by atoms with Gasteiger partial charge in [-0.05, 0) is 56.0 Å². The SMILES string of the molecule is COc1ccc2[nH]c(C)c(C3CCCNC3)c2c1. The number of ether oxygens (including phenoxy) is 1. The molecule has 3 rings (SSSR count). The van der Waals surface area contributed by atoms with Gasteiger partial charge in [-0.2, -0.15) is 0 Å². The minimum Gasteiger partial charge on any atom is -0.497 e. The van der Waals surface area contributed by atoms with Crippen molar-refractivity contribution in [3.8, 4) is 5.75 Å². The minimum absolute atomic E-state index is 0.625. The van der Waals surface area contributed by atoms with Crippen LogP contribution in [-0.2, 0) is 0 Å². The maximum Gasteiger partial charge on any atom is 0.119 e. The summed E-state index contributed by atoms with van der Waals surface area (Å²) in [5.41, 5.74) is 3.98. The summed E-state index contributed by atoms with van der Waals surface area (Å²) in [5.74, 6) is 1.56. The Labute approximate surface area is 108 Å². The molecule has 2 N–H and O–H groups in total. The van der Waals surface area contributed by atoms with Crippen molar-refractivity contribution in [2.45, 2.75) is 25.7 Å². The third kappa shape index (κ3) is 1.89. The number of hydrogen-bond donors (Lipinski definition) is 2. The van der Waals surface area contributed by atoms with E-state index in [0.717, 1.165) is 18.8 Å². The van der Waals surface area contributed by atoms with Gasteiger partial charge >= 0.3 is 0 Å². The van der Waals surface area contributed by atoms with Crippen molar-refractivity contribution in [2.75, 3.05) is 20.2 Å². The molecular weight excluding hydrogens is 224 g/mol. The van der Waals surface area contributed by atoms with Crippen LogP contribution in [0.3, 0.4) is 0 Å². The molecule has 1 aromatic carbocycles. The Hall–Kier alpha value is -1.48. The lowest BCUT2D eigenvalue weighted by atomic mass is 9.89. The number of aromatic nitrogens is 1. The van der Waals surface area contributed by atoms with Crippen LogP contribution in [0.1, 0.15) is 30.0 Å². The van der Waals surface area contributed by atoms with Crippen LogP contribution in [0.25, 0.3) is 10.9 Å². The van der Waals surface area contributed by atoms with E-state index in [1.165, 1.54) is 35.0 Å². The van der Waals surface area contributed by atoms with E-state index < -0.39 is 0 Å². The molecule has 0 spiro atoms. The molecule has 0 aliphatic carbocycles. The maximum atomic E-state index is 5.34. The number of nitrogens with one attached hydrogen (secondary N) is 2. The van der Waals surface area contributed by atoms with Crippen LogP contribution in [-0.4, -0.2) is 25.2 Å². The fourth-order valence-corrected chi connectivity index (χ4v) is 3.08. The summed E-state index contributed by atoms with van der Waals surface area (Å²) in [6, 6.07) is 6.28. The second kappa shape index (κ2) is 4.65. The molecule has 1 aromatic heterocycles. The molecule has 3 nitrogen and oxygen atoms in total. The summed E-state index contributed by atoms with van der Waals surface area (Å²) in [7, 11) is 1.72. The van der Waals surface area contributed by atoms with Gasteiger partial charge < -0.3 is 15.0 Å². The number of benzene rings is 1. The predicted molar refractivity (Wildman–Crippen MR) is 74.4 cm³/mol. The molecule has 3 heteroatoms. The normalized spacial score (nSPS) is 20.2. The van der Waals surface area contributed by atoms with E-state index in [-0.39, 0.29) is 0 Å². The van der Waals surface area contributed by atoms with Gasteiger partial charge in [0.25, 0.3) is 0 Å². The van der Waals surface area contributed by atoms with Crippen molar-refractivity contribution < 1.29 is 4.74 Å². The molecular formula is C15H20N2O. The zero-order chi connectivity index (χ0) is 12.5. The molecule has 18 heavy (non-hydrogen) atoms. The van der Waals surface area contributed by atoms with Gasteiger partial charge in [-0.25, -0.2) is 0 Å². The molecule has 1 aliphatic rings. The van der Waals surface area contributed by atoms with Crippen molar-refractivity contribution in [3.05, 3.63) is 29.5 Å². The number of piperidine rings is 1. The summed E-state index contributed by atoms with van der Waals surface area (Å²) in [6.07, 6.45) is 2.54. The van der Waals surface area contributed by atoms with Crippen molar-refractivity contribution in [3.63, 3.8) is 0 Å². The number of H-pyrrole nitrogens is 1. The van der Waals surface area contributed by atoms with E-state index in [1.54, 1.807) is 7.11 Å². The van der Waals surface area contributed by atoms with Crippen LogP contribution in [0, 0.1) is 6.92 Å². The lowest BCUT2D eigenvalue weighted by Crippen LogP contribution is -2.28.